The van der Waals surface area contributed by atoms with Gasteiger partial charge in [-0.2, -0.15) is 0 Å². The van der Waals surface area contributed by atoms with E-state index in [0.717, 1.165) is 34.4 Å². The lowest BCUT2D eigenvalue weighted by Gasteiger charge is -2.45. The summed E-state index contributed by atoms with van der Waals surface area (Å²) in [5, 5.41) is 0. The zero-order valence-corrected chi connectivity index (χ0v) is 20.9. The first-order valence-corrected chi connectivity index (χ1v) is 11.4. The topological polar surface area (TPSA) is 74.0 Å². The van der Waals surface area contributed by atoms with Crippen LogP contribution in [-0.4, -0.2) is 57.1 Å². The normalized spacial score (nSPS) is 20.1. The van der Waals surface area contributed by atoms with Crippen LogP contribution in [0.2, 0.25) is 0 Å². The molecule has 3 rings (SSSR count). The lowest BCUT2D eigenvalue weighted by Crippen LogP contribution is -2.50. The molecule has 0 spiro atoms. The Morgan fingerprint density at radius 2 is 1.94 bits per heavy atom. The number of methoxy groups -OCH3 is 3. The first-order chi connectivity index (χ1) is 16.1. The molecular formula is C27H35FN2O4. The molecule has 2 aromatic rings. The third-order valence-corrected chi connectivity index (χ3v) is 6.49. The summed E-state index contributed by atoms with van der Waals surface area (Å²) in [6.07, 6.45) is 3.81. The number of carbonyl (C=O) groups excluding carboxylic acids is 1. The monoisotopic (exact) mass is 470 g/mol. The summed E-state index contributed by atoms with van der Waals surface area (Å²) >= 11 is 0. The van der Waals surface area contributed by atoms with Crippen molar-refractivity contribution in [2.24, 2.45) is 0 Å². The van der Waals surface area contributed by atoms with Gasteiger partial charge < -0.3 is 19.9 Å². The Kier molecular flexibility index (Phi) is 8.00. The number of hydrogen-bond acceptors (Lipinski definition) is 6. The minimum atomic E-state index is -1.53. The lowest BCUT2D eigenvalue weighted by atomic mass is 9.81. The van der Waals surface area contributed by atoms with Crippen molar-refractivity contribution in [1.82, 2.24) is 4.90 Å². The van der Waals surface area contributed by atoms with Gasteiger partial charge in [0.1, 0.15) is 11.4 Å². The van der Waals surface area contributed by atoms with E-state index in [9.17, 15) is 4.79 Å². The van der Waals surface area contributed by atoms with E-state index in [1.54, 1.807) is 20.1 Å². The zero-order chi connectivity index (χ0) is 25.0. The molecule has 0 saturated heterocycles. The van der Waals surface area contributed by atoms with E-state index in [4.69, 9.17) is 15.2 Å². The number of nitrogen functional groups attached to an aromatic ring is 1. The Balaban J connectivity index is 2.15. The van der Waals surface area contributed by atoms with E-state index < -0.39 is 11.6 Å². The van der Waals surface area contributed by atoms with Crippen molar-refractivity contribution in [3.63, 3.8) is 0 Å². The van der Waals surface area contributed by atoms with Crippen LogP contribution in [-0.2, 0) is 20.7 Å². The van der Waals surface area contributed by atoms with Crippen molar-refractivity contribution in [3.05, 3.63) is 64.2 Å². The molecule has 1 aliphatic rings. The maximum atomic E-state index is 15.4. The van der Waals surface area contributed by atoms with Crippen LogP contribution in [0.4, 0.5) is 10.1 Å². The number of halogens is 1. The second-order valence-corrected chi connectivity index (χ2v) is 9.18. The van der Waals surface area contributed by atoms with E-state index in [1.807, 2.05) is 37.3 Å². The number of anilines is 1. The van der Waals surface area contributed by atoms with Crippen LogP contribution in [0.3, 0.4) is 0 Å². The van der Waals surface area contributed by atoms with Gasteiger partial charge in [-0.3, -0.25) is 4.90 Å². The van der Waals surface area contributed by atoms with Gasteiger partial charge in [0, 0.05) is 37.0 Å². The molecule has 2 N–H and O–H groups in total. The highest BCUT2D eigenvalue weighted by Gasteiger charge is 2.39. The van der Waals surface area contributed by atoms with Gasteiger partial charge in [-0.1, -0.05) is 18.2 Å². The number of rotatable bonds is 8. The average molecular weight is 471 g/mol. The van der Waals surface area contributed by atoms with Crippen molar-refractivity contribution in [1.29, 1.82) is 0 Å². The molecule has 6 nitrogen and oxygen atoms in total. The SMILES string of the molecule is COCC(C)(F)CN1[C@H](c2ccc(/C=C/C(=O)OC)cc2OC)c2ccc(N)c(C)c2C[C@H]1C. The molecule has 184 valence electrons. The number of hydrogen-bond donors (Lipinski definition) is 1. The number of esters is 1. The molecule has 1 unspecified atom stereocenters. The molecule has 7 heteroatoms. The summed E-state index contributed by atoms with van der Waals surface area (Å²) < 4.78 is 31.1. The fourth-order valence-electron chi connectivity index (χ4n) is 4.78. The van der Waals surface area contributed by atoms with Crippen LogP contribution < -0.4 is 10.5 Å². The van der Waals surface area contributed by atoms with Crippen LogP contribution >= 0.6 is 0 Å². The standard InChI is InChI=1S/C27H35FN2O4/c1-17-13-22-18(2)23(29)11-10-20(22)26(30(17)15-27(3,28)16-32-4)21-9-7-19(14-24(21)33-5)8-12-25(31)34-6/h7-12,14,17,26H,13,15-16,29H2,1-6H3/b12-8+/t17-,26+,27?/m1/s1. The molecule has 1 aliphatic heterocycles. The van der Waals surface area contributed by atoms with Crippen LogP contribution in [0.15, 0.2) is 36.4 Å². The maximum Gasteiger partial charge on any atom is 0.330 e. The first kappa shape index (κ1) is 25.7. The molecule has 34 heavy (non-hydrogen) atoms. The maximum absolute atomic E-state index is 15.4. The Labute approximate surface area is 201 Å². The smallest absolute Gasteiger partial charge is 0.330 e. The van der Waals surface area contributed by atoms with Crippen molar-refractivity contribution in [2.45, 2.75) is 44.9 Å². The number of ether oxygens (including phenoxy) is 3. The van der Waals surface area contributed by atoms with Gasteiger partial charge in [0.25, 0.3) is 0 Å². The summed E-state index contributed by atoms with van der Waals surface area (Å²) in [6.45, 7) is 5.92. The molecule has 0 bridgehead atoms. The van der Waals surface area contributed by atoms with Gasteiger partial charge in [0.2, 0.25) is 0 Å². The molecular weight excluding hydrogens is 435 g/mol. The van der Waals surface area contributed by atoms with Gasteiger partial charge in [0.05, 0.1) is 26.9 Å². The molecule has 0 radical (unpaired) electrons. The van der Waals surface area contributed by atoms with E-state index in [1.165, 1.54) is 25.9 Å². The molecule has 0 aromatic heterocycles. The molecule has 0 aliphatic carbocycles. The Bertz CT molecular complexity index is 1070. The number of fused-ring (bicyclic) bond motifs is 1. The number of nitrogens with zero attached hydrogens (tertiary/aromatic N) is 1. The zero-order valence-electron chi connectivity index (χ0n) is 20.9. The number of carbonyl (C=O) groups is 1. The van der Waals surface area contributed by atoms with Crippen molar-refractivity contribution >= 4 is 17.7 Å². The highest BCUT2D eigenvalue weighted by atomic mass is 19.1. The summed E-state index contributed by atoms with van der Waals surface area (Å²) in [5.74, 6) is 0.224. The second kappa shape index (κ2) is 10.6. The number of benzene rings is 2. The minimum Gasteiger partial charge on any atom is -0.496 e. The van der Waals surface area contributed by atoms with E-state index in [0.29, 0.717) is 5.75 Å². The van der Waals surface area contributed by atoms with Gasteiger partial charge in [-0.25, -0.2) is 9.18 Å². The lowest BCUT2D eigenvalue weighted by molar-refractivity contribution is -0.134. The Morgan fingerprint density at radius 1 is 1.24 bits per heavy atom. The van der Waals surface area contributed by atoms with Crippen LogP contribution in [0.5, 0.6) is 5.75 Å². The quantitative estimate of drug-likeness (QED) is 0.348. The van der Waals surface area contributed by atoms with Gasteiger partial charge >= 0.3 is 5.97 Å². The largest absolute Gasteiger partial charge is 0.496 e. The predicted molar refractivity (Wildman–Crippen MR) is 133 cm³/mol. The van der Waals surface area contributed by atoms with Gasteiger partial charge in [-0.15, -0.1) is 0 Å². The fraction of sp³-hybridized carbons (Fsp3) is 0.444. The van der Waals surface area contributed by atoms with E-state index >= 15 is 4.39 Å². The molecule has 3 atom stereocenters. The van der Waals surface area contributed by atoms with Crippen LogP contribution in [0, 0.1) is 6.92 Å². The highest BCUT2D eigenvalue weighted by Crippen LogP contribution is 2.44. The predicted octanol–water partition coefficient (Wildman–Crippen LogP) is 4.48. The van der Waals surface area contributed by atoms with Crippen molar-refractivity contribution in [2.75, 3.05) is 40.2 Å². The third kappa shape index (κ3) is 5.42. The highest BCUT2D eigenvalue weighted by molar-refractivity contribution is 5.87. The number of nitrogens with two attached hydrogens (primary N) is 1. The molecule has 1 heterocycles. The summed E-state index contributed by atoms with van der Waals surface area (Å²) in [6, 6.07) is 9.55. The second-order valence-electron chi connectivity index (χ2n) is 9.18. The summed E-state index contributed by atoms with van der Waals surface area (Å²) in [7, 11) is 4.46. The molecule has 0 fully saturated rings. The average Bonchev–Trinajstić information content (AvgIpc) is 2.80. The summed E-state index contributed by atoms with van der Waals surface area (Å²) in [4.78, 5) is 13.7. The minimum absolute atomic E-state index is 0.00492. The van der Waals surface area contributed by atoms with Crippen molar-refractivity contribution < 1.29 is 23.4 Å². The molecule has 2 aromatic carbocycles. The van der Waals surface area contributed by atoms with E-state index in [-0.39, 0.29) is 25.2 Å². The fourth-order valence-corrected chi connectivity index (χ4v) is 4.78. The third-order valence-electron chi connectivity index (χ3n) is 6.49. The van der Waals surface area contributed by atoms with Crippen LogP contribution in [0.1, 0.15) is 47.7 Å². The number of alkyl halides is 1. The Hall–Kier alpha value is -2.90. The van der Waals surface area contributed by atoms with Crippen LogP contribution in [0.25, 0.3) is 6.08 Å². The summed E-state index contributed by atoms with van der Waals surface area (Å²) in [5.41, 5.74) is 10.5. The molecule has 0 saturated carbocycles. The van der Waals surface area contributed by atoms with Crippen molar-refractivity contribution in [3.8, 4) is 5.75 Å². The first-order valence-electron chi connectivity index (χ1n) is 11.4. The van der Waals surface area contributed by atoms with Gasteiger partial charge in [0.15, 0.2) is 0 Å². The molecule has 0 amide bonds. The van der Waals surface area contributed by atoms with E-state index in [2.05, 4.69) is 16.6 Å². The Morgan fingerprint density at radius 3 is 2.59 bits per heavy atom. The van der Waals surface area contributed by atoms with Gasteiger partial charge in [-0.05, 0) is 67.7 Å².